The summed E-state index contributed by atoms with van der Waals surface area (Å²) in [6.45, 7) is 9.98. The molecule has 1 aliphatic rings. The minimum absolute atomic E-state index is 0.0675. The Morgan fingerprint density at radius 3 is 2.33 bits per heavy atom. The van der Waals surface area contributed by atoms with Crippen molar-refractivity contribution in [2.75, 3.05) is 20.8 Å². The number of carbonyl (C=O) groups is 1. The molecule has 0 aliphatic carbocycles. The maximum absolute atomic E-state index is 14.1. The Kier molecular flexibility index (Phi) is 9.96. The Bertz CT molecular complexity index is 1960. The molecule has 3 aromatic carbocycles. The summed E-state index contributed by atoms with van der Waals surface area (Å²) in [6.07, 6.45) is 1.72. The second-order valence-corrected chi connectivity index (χ2v) is 12.1. The van der Waals surface area contributed by atoms with Crippen molar-refractivity contribution in [3.05, 3.63) is 114 Å². The summed E-state index contributed by atoms with van der Waals surface area (Å²) in [5.74, 6) is 1.66. The molecule has 9 nitrogen and oxygen atoms in total. The summed E-state index contributed by atoms with van der Waals surface area (Å²) in [5, 5.41) is 0. The maximum atomic E-state index is 14.1. The fourth-order valence-electron chi connectivity index (χ4n) is 5.20. The molecule has 0 saturated heterocycles. The Morgan fingerprint density at radius 1 is 0.957 bits per heavy atom. The quantitative estimate of drug-likeness (QED) is 0.200. The summed E-state index contributed by atoms with van der Waals surface area (Å²) < 4.78 is 30.6. The van der Waals surface area contributed by atoms with Crippen LogP contribution in [0.1, 0.15) is 56.0 Å². The lowest BCUT2D eigenvalue weighted by molar-refractivity contribution is -0.139. The van der Waals surface area contributed by atoms with Crippen molar-refractivity contribution in [1.29, 1.82) is 0 Å². The summed E-state index contributed by atoms with van der Waals surface area (Å²) in [6, 6.07) is 18.3. The number of allylic oxidation sites excluding steroid dienone is 1. The van der Waals surface area contributed by atoms with Crippen LogP contribution >= 0.6 is 11.3 Å². The molecule has 46 heavy (non-hydrogen) atoms. The third-order valence-corrected chi connectivity index (χ3v) is 8.37. The highest BCUT2D eigenvalue weighted by Gasteiger charge is 2.34. The molecule has 0 spiro atoms. The Morgan fingerprint density at radius 2 is 1.65 bits per heavy atom. The molecule has 240 valence electrons. The van der Waals surface area contributed by atoms with Crippen molar-refractivity contribution in [2.45, 2.75) is 53.4 Å². The van der Waals surface area contributed by atoms with E-state index in [2.05, 4.69) is 4.99 Å². The van der Waals surface area contributed by atoms with Gasteiger partial charge in [-0.25, -0.2) is 9.79 Å². The predicted octanol–water partition coefficient (Wildman–Crippen LogP) is 5.49. The van der Waals surface area contributed by atoms with E-state index in [-0.39, 0.29) is 23.8 Å². The van der Waals surface area contributed by atoms with E-state index in [1.165, 1.54) is 16.9 Å². The molecule has 1 aliphatic heterocycles. The molecule has 0 radical (unpaired) electrons. The highest BCUT2D eigenvalue weighted by atomic mass is 32.1. The fraction of sp³-hybridized carbons (Fsp3) is 0.306. The number of aromatic nitrogens is 1. The number of benzene rings is 3. The van der Waals surface area contributed by atoms with Crippen LogP contribution in [0.25, 0.3) is 6.08 Å². The standard InChI is InChI=1S/C36H38N2O7S/c1-8-43-35(40)32-23(5)37-36-38(33(32)26-14-16-28(45-21(2)3)30(19-26)42-7)34(39)31(46-36)18-25-13-15-27(29(17-25)41-6)44-20-24-11-9-22(4)10-12-24/h9-19,21,33H,8,20H2,1-7H3/b31-18-/t33-/m1/s1. The third kappa shape index (κ3) is 6.87. The maximum Gasteiger partial charge on any atom is 0.338 e. The molecule has 0 saturated carbocycles. The number of hydrogen-bond acceptors (Lipinski definition) is 9. The SMILES string of the molecule is CCOC(=O)C1=C(C)N=c2s/c(=C\c3ccc(OCc4ccc(C)cc4)c(OC)c3)c(=O)n2[C@@H]1c1ccc(OC(C)C)c(OC)c1. The number of hydrogen-bond donors (Lipinski definition) is 0. The Labute approximate surface area is 272 Å². The van der Waals surface area contributed by atoms with Gasteiger partial charge >= 0.3 is 5.97 Å². The third-order valence-electron chi connectivity index (χ3n) is 7.38. The normalized spacial score (nSPS) is 14.5. The molecule has 0 N–H and O–H groups in total. The van der Waals surface area contributed by atoms with Crippen LogP contribution in [0.3, 0.4) is 0 Å². The van der Waals surface area contributed by atoms with Crippen LogP contribution in [-0.4, -0.2) is 37.5 Å². The molecular formula is C36H38N2O7S. The van der Waals surface area contributed by atoms with E-state index in [1.807, 2.05) is 69.3 Å². The number of ether oxygens (including phenoxy) is 5. The monoisotopic (exact) mass is 642 g/mol. The zero-order valence-corrected chi connectivity index (χ0v) is 27.9. The van der Waals surface area contributed by atoms with Gasteiger partial charge in [-0.2, -0.15) is 0 Å². The first-order valence-corrected chi connectivity index (χ1v) is 15.9. The van der Waals surface area contributed by atoms with Crippen LogP contribution in [0.5, 0.6) is 23.0 Å². The number of thiazole rings is 1. The predicted molar refractivity (Wildman–Crippen MR) is 178 cm³/mol. The molecule has 1 atom stereocenters. The lowest BCUT2D eigenvalue weighted by atomic mass is 9.95. The summed E-state index contributed by atoms with van der Waals surface area (Å²) >= 11 is 1.25. The van der Waals surface area contributed by atoms with Gasteiger partial charge in [0.2, 0.25) is 0 Å². The van der Waals surface area contributed by atoms with Gasteiger partial charge in [-0.05, 0) is 81.7 Å². The number of esters is 1. The number of fused-ring (bicyclic) bond motifs is 1. The van der Waals surface area contributed by atoms with Gasteiger partial charge in [0.05, 0.1) is 48.8 Å². The van der Waals surface area contributed by atoms with Crippen LogP contribution in [0.2, 0.25) is 0 Å². The van der Waals surface area contributed by atoms with E-state index in [1.54, 1.807) is 50.8 Å². The molecule has 10 heteroatoms. The fourth-order valence-corrected chi connectivity index (χ4v) is 6.25. The van der Waals surface area contributed by atoms with E-state index in [4.69, 9.17) is 23.7 Å². The van der Waals surface area contributed by atoms with Crippen LogP contribution < -0.4 is 33.8 Å². The smallest absolute Gasteiger partial charge is 0.338 e. The van der Waals surface area contributed by atoms with Crippen LogP contribution in [0, 0.1) is 6.92 Å². The lowest BCUT2D eigenvalue weighted by Crippen LogP contribution is -2.40. The largest absolute Gasteiger partial charge is 0.493 e. The second-order valence-electron chi connectivity index (χ2n) is 11.1. The molecule has 0 amide bonds. The average Bonchev–Trinajstić information content (AvgIpc) is 3.34. The summed E-state index contributed by atoms with van der Waals surface area (Å²) in [7, 11) is 3.13. The van der Waals surface area contributed by atoms with Gasteiger partial charge < -0.3 is 23.7 Å². The molecule has 4 aromatic rings. The molecule has 1 aromatic heterocycles. The van der Waals surface area contributed by atoms with E-state index in [0.717, 1.165) is 11.1 Å². The van der Waals surface area contributed by atoms with E-state index >= 15 is 0 Å². The number of nitrogens with zero attached hydrogens (tertiary/aromatic N) is 2. The Balaban J connectivity index is 1.56. The van der Waals surface area contributed by atoms with Crippen molar-refractivity contribution in [3.8, 4) is 23.0 Å². The minimum atomic E-state index is -0.786. The van der Waals surface area contributed by atoms with E-state index in [0.29, 0.717) is 50.2 Å². The van der Waals surface area contributed by atoms with Gasteiger partial charge in [-0.15, -0.1) is 0 Å². The molecule has 0 fully saturated rings. The highest BCUT2D eigenvalue weighted by molar-refractivity contribution is 7.07. The van der Waals surface area contributed by atoms with Crippen molar-refractivity contribution in [3.63, 3.8) is 0 Å². The minimum Gasteiger partial charge on any atom is -0.493 e. The molecule has 2 heterocycles. The zero-order chi connectivity index (χ0) is 33.0. The zero-order valence-electron chi connectivity index (χ0n) is 27.1. The van der Waals surface area contributed by atoms with Crippen LogP contribution in [0.15, 0.2) is 81.7 Å². The second kappa shape index (κ2) is 14.1. The number of aryl methyl sites for hydroxylation is 1. The number of rotatable bonds is 11. The number of methoxy groups -OCH3 is 2. The first-order valence-electron chi connectivity index (χ1n) is 15.0. The van der Waals surface area contributed by atoms with Crippen molar-refractivity contribution in [2.24, 2.45) is 4.99 Å². The van der Waals surface area contributed by atoms with E-state index < -0.39 is 12.0 Å². The molecule has 5 rings (SSSR count). The summed E-state index contributed by atoms with van der Waals surface area (Å²) in [5.41, 5.74) is 4.12. The molecule has 0 bridgehead atoms. The average molecular weight is 643 g/mol. The van der Waals surface area contributed by atoms with Crippen molar-refractivity contribution >= 4 is 23.4 Å². The van der Waals surface area contributed by atoms with Gasteiger partial charge in [-0.1, -0.05) is 53.3 Å². The first kappa shape index (κ1) is 32.6. The van der Waals surface area contributed by atoms with Crippen LogP contribution in [-0.2, 0) is 16.1 Å². The molecule has 0 unspecified atom stereocenters. The highest BCUT2D eigenvalue weighted by Crippen LogP contribution is 2.36. The van der Waals surface area contributed by atoms with Gasteiger partial charge in [0.25, 0.3) is 5.56 Å². The van der Waals surface area contributed by atoms with Gasteiger partial charge in [0.1, 0.15) is 6.61 Å². The topological polar surface area (TPSA) is 97.6 Å². The number of carbonyl (C=O) groups excluding carboxylic acids is 1. The lowest BCUT2D eigenvalue weighted by Gasteiger charge is -2.25. The van der Waals surface area contributed by atoms with Crippen molar-refractivity contribution in [1.82, 2.24) is 4.57 Å². The van der Waals surface area contributed by atoms with Crippen molar-refractivity contribution < 1.29 is 28.5 Å². The summed E-state index contributed by atoms with van der Waals surface area (Å²) in [4.78, 5) is 32.5. The van der Waals surface area contributed by atoms with E-state index in [9.17, 15) is 9.59 Å². The van der Waals surface area contributed by atoms with Gasteiger partial charge in [0, 0.05) is 0 Å². The van der Waals surface area contributed by atoms with Crippen LogP contribution in [0.4, 0.5) is 0 Å². The molecular weight excluding hydrogens is 604 g/mol. The first-order chi connectivity index (χ1) is 22.1. The van der Waals surface area contributed by atoms with Gasteiger partial charge in [0.15, 0.2) is 27.8 Å². The Hall–Kier alpha value is -4.83. The van der Waals surface area contributed by atoms with Gasteiger partial charge in [-0.3, -0.25) is 9.36 Å².